The van der Waals surface area contributed by atoms with Crippen molar-refractivity contribution in [1.29, 1.82) is 0 Å². The van der Waals surface area contributed by atoms with Gasteiger partial charge in [0.2, 0.25) is 21.8 Å². The number of carbonyl (C=O) groups is 2. The summed E-state index contributed by atoms with van der Waals surface area (Å²) in [6.45, 7) is 6.95. The zero-order valence-corrected chi connectivity index (χ0v) is 17.5. The first-order valence-electron chi connectivity index (χ1n) is 9.87. The van der Waals surface area contributed by atoms with Gasteiger partial charge in [-0.2, -0.15) is 4.72 Å². The van der Waals surface area contributed by atoms with E-state index in [0.29, 0.717) is 19.6 Å². The van der Waals surface area contributed by atoms with E-state index >= 15 is 0 Å². The second-order valence-electron chi connectivity index (χ2n) is 8.10. The van der Waals surface area contributed by atoms with Crippen LogP contribution in [-0.2, 0) is 19.6 Å². The van der Waals surface area contributed by atoms with Crippen LogP contribution in [0.4, 0.5) is 0 Å². The molecule has 2 unspecified atom stereocenters. The number of nitrogens with zero attached hydrogens (tertiary/aromatic N) is 2. The van der Waals surface area contributed by atoms with Gasteiger partial charge in [0.1, 0.15) is 6.04 Å². The van der Waals surface area contributed by atoms with Crippen LogP contribution in [0.3, 0.4) is 0 Å². The maximum Gasteiger partial charge on any atom is 0.241 e. The summed E-state index contributed by atoms with van der Waals surface area (Å²) in [7, 11) is -3.79. The third-order valence-electron chi connectivity index (χ3n) is 5.42. The molecule has 0 aromatic heterocycles. The molecule has 1 N–H and O–H groups in total. The monoisotopic (exact) mass is 407 g/mol. The molecular formula is C20H29N3O4S. The van der Waals surface area contributed by atoms with Crippen LogP contribution in [-0.4, -0.2) is 61.7 Å². The molecule has 1 aromatic rings. The Morgan fingerprint density at radius 2 is 1.75 bits per heavy atom. The molecule has 2 aliphatic rings. The molecule has 8 heteroatoms. The van der Waals surface area contributed by atoms with E-state index < -0.39 is 16.1 Å². The summed E-state index contributed by atoms with van der Waals surface area (Å²) in [5.41, 5.74) is 0. The maximum atomic E-state index is 13.1. The Morgan fingerprint density at radius 3 is 2.29 bits per heavy atom. The maximum absolute atomic E-state index is 13.1. The Bertz CT molecular complexity index is 821. The van der Waals surface area contributed by atoms with Crippen molar-refractivity contribution in [1.82, 2.24) is 14.5 Å². The van der Waals surface area contributed by atoms with E-state index in [9.17, 15) is 18.0 Å². The Morgan fingerprint density at radius 1 is 1.11 bits per heavy atom. The first-order chi connectivity index (χ1) is 13.2. The third-order valence-corrected chi connectivity index (χ3v) is 6.87. The van der Waals surface area contributed by atoms with Gasteiger partial charge in [-0.15, -0.1) is 0 Å². The molecule has 0 bridgehead atoms. The van der Waals surface area contributed by atoms with Crippen molar-refractivity contribution >= 4 is 21.8 Å². The van der Waals surface area contributed by atoms with Gasteiger partial charge in [0.25, 0.3) is 0 Å². The van der Waals surface area contributed by atoms with Gasteiger partial charge in [-0.25, -0.2) is 8.42 Å². The molecule has 0 radical (unpaired) electrons. The normalized spacial score (nSPS) is 21.6. The standard InChI is InChI=1S/C20H29N3O4S/c1-14(2)18(21-28(26,27)17-7-5-4-6-8-17)20(25)22-11-12-23(15(3)13-22)19(24)16-9-10-16/h4-8,14-16,18,21H,9-13H2,1-3H3. The first-order valence-corrected chi connectivity index (χ1v) is 11.4. The van der Waals surface area contributed by atoms with Gasteiger partial charge in [0, 0.05) is 31.6 Å². The minimum absolute atomic E-state index is 0.0654. The molecule has 1 aliphatic heterocycles. The number of piperazine rings is 1. The summed E-state index contributed by atoms with van der Waals surface area (Å²) in [6, 6.07) is 7.15. The molecule has 154 valence electrons. The fourth-order valence-corrected chi connectivity index (χ4v) is 4.91. The zero-order valence-electron chi connectivity index (χ0n) is 16.7. The lowest BCUT2D eigenvalue weighted by Crippen LogP contribution is -2.60. The van der Waals surface area contributed by atoms with Crippen LogP contribution < -0.4 is 4.72 Å². The number of sulfonamides is 1. The topological polar surface area (TPSA) is 86.8 Å². The van der Waals surface area contributed by atoms with Gasteiger partial charge < -0.3 is 9.80 Å². The highest BCUT2D eigenvalue weighted by Gasteiger charge is 2.39. The Kier molecular flexibility index (Phi) is 6.09. The fraction of sp³-hybridized carbons (Fsp3) is 0.600. The number of hydrogen-bond acceptors (Lipinski definition) is 4. The number of amides is 2. The SMILES string of the molecule is CC(C)C(NS(=O)(=O)c1ccccc1)C(=O)N1CCN(C(=O)C2CC2)C(C)C1. The number of rotatable bonds is 6. The van der Waals surface area contributed by atoms with Crippen LogP contribution in [0.25, 0.3) is 0 Å². The minimum atomic E-state index is -3.79. The molecular weight excluding hydrogens is 378 g/mol. The molecule has 1 aromatic carbocycles. The molecule has 2 amide bonds. The van der Waals surface area contributed by atoms with Crippen molar-refractivity contribution in [3.05, 3.63) is 30.3 Å². The predicted molar refractivity (Wildman–Crippen MR) is 106 cm³/mol. The van der Waals surface area contributed by atoms with E-state index in [-0.39, 0.29) is 34.6 Å². The van der Waals surface area contributed by atoms with Crippen molar-refractivity contribution in [2.45, 2.75) is 50.6 Å². The zero-order chi connectivity index (χ0) is 20.5. The molecule has 28 heavy (non-hydrogen) atoms. The average Bonchev–Trinajstić information content (AvgIpc) is 3.51. The van der Waals surface area contributed by atoms with E-state index in [1.165, 1.54) is 12.1 Å². The van der Waals surface area contributed by atoms with Gasteiger partial charge in [0.15, 0.2) is 0 Å². The number of benzene rings is 1. The quantitative estimate of drug-likeness (QED) is 0.773. The summed E-state index contributed by atoms with van der Waals surface area (Å²) in [6.07, 6.45) is 1.92. The molecule has 1 saturated carbocycles. The Balaban J connectivity index is 1.69. The number of carbonyl (C=O) groups excluding carboxylic acids is 2. The van der Waals surface area contributed by atoms with Gasteiger partial charge in [0.05, 0.1) is 4.90 Å². The third kappa shape index (κ3) is 4.55. The summed E-state index contributed by atoms with van der Waals surface area (Å²) in [5.74, 6) is -0.0946. The predicted octanol–water partition coefficient (Wildman–Crippen LogP) is 1.46. The average molecular weight is 408 g/mol. The molecule has 2 fully saturated rings. The minimum Gasteiger partial charge on any atom is -0.337 e. The van der Waals surface area contributed by atoms with Crippen molar-refractivity contribution < 1.29 is 18.0 Å². The second-order valence-corrected chi connectivity index (χ2v) is 9.81. The smallest absolute Gasteiger partial charge is 0.241 e. The Labute approximate surface area is 167 Å². The van der Waals surface area contributed by atoms with Crippen LogP contribution >= 0.6 is 0 Å². The number of nitrogens with one attached hydrogen (secondary N) is 1. The van der Waals surface area contributed by atoms with Gasteiger partial charge in [-0.3, -0.25) is 9.59 Å². The summed E-state index contributed by atoms with van der Waals surface area (Å²) >= 11 is 0. The van der Waals surface area contributed by atoms with Crippen LogP contribution in [0.5, 0.6) is 0 Å². The van der Waals surface area contributed by atoms with Gasteiger partial charge in [-0.05, 0) is 37.8 Å². The highest BCUT2D eigenvalue weighted by Crippen LogP contribution is 2.32. The number of hydrogen-bond donors (Lipinski definition) is 1. The van der Waals surface area contributed by atoms with Crippen molar-refractivity contribution in [3.8, 4) is 0 Å². The van der Waals surface area contributed by atoms with E-state index in [1.807, 2.05) is 25.7 Å². The molecule has 0 spiro atoms. The molecule has 7 nitrogen and oxygen atoms in total. The first kappa shape index (κ1) is 20.8. The summed E-state index contributed by atoms with van der Waals surface area (Å²) in [5, 5.41) is 0. The van der Waals surface area contributed by atoms with Crippen LogP contribution in [0.1, 0.15) is 33.6 Å². The van der Waals surface area contributed by atoms with E-state index in [2.05, 4.69) is 4.72 Å². The summed E-state index contributed by atoms with van der Waals surface area (Å²) < 4.78 is 28.0. The molecule has 1 aliphatic carbocycles. The van der Waals surface area contributed by atoms with Crippen molar-refractivity contribution in [3.63, 3.8) is 0 Å². The highest BCUT2D eigenvalue weighted by atomic mass is 32.2. The van der Waals surface area contributed by atoms with Crippen LogP contribution in [0.15, 0.2) is 35.2 Å². The second kappa shape index (κ2) is 8.21. The largest absolute Gasteiger partial charge is 0.337 e. The van der Waals surface area contributed by atoms with Crippen LogP contribution in [0, 0.1) is 11.8 Å². The lowest BCUT2D eigenvalue weighted by Gasteiger charge is -2.41. The van der Waals surface area contributed by atoms with Crippen molar-refractivity contribution in [2.75, 3.05) is 19.6 Å². The van der Waals surface area contributed by atoms with Crippen molar-refractivity contribution in [2.24, 2.45) is 11.8 Å². The van der Waals surface area contributed by atoms with Gasteiger partial charge in [-0.1, -0.05) is 32.0 Å². The lowest BCUT2D eigenvalue weighted by molar-refractivity contribution is -0.144. The molecule has 1 heterocycles. The fourth-order valence-electron chi connectivity index (χ4n) is 3.55. The molecule has 3 rings (SSSR count). The van der Waals surface area contributed by atoms with E-state index in [1.54, 1.807) is 23.1 Å². The highest BCUT2D eigenvalue weighted by molar-refractivity contribution is 7.89. The van der Waals surface area contributed by atoms with Crippen LogP contribution in [0.2, 0.25) is 0 Å². The molecule has 2 atom stereocenters. The lowest BCUT2D eigenvalue weighted by atomic mass is 10.0. The van der Waals surface area contributed by atoms with E-state index in [0.717, 1.165) is 12.8 Å². The Hall–Kier alpha value is -1.93. The van der Waals surface area contributed by atoms with E-state index in [4.69, 9.17) is 0 Å². The molecule has 1 saturated heterocycles. The summed E-state index contributed by atoms with van der Waals surface area (Å²) in [4.78, 5) is 29.2. The van der Waals surface area contributed by atoms with Gasteiger partial charge >= 0.3 is 0 Å².